The molecule has 4 rings (SSSR count). The molecule has 1 aliphatic heterocycles. The molecule has 0 atom stereocenters. The zero-order valence-corrected chi connectivity index (χ0v) is 23.3. The molecule has 0 N–H and O–H groups in total. The summed E-state index contributed by atoms with van der Waals surface area (Å²) in [6.45, 7) is 5.72. The predicted octanol–water partition coefficient (Wildman–Crippen LogP) is 7.89. The number of aromatic nitrogens is 2. The highest BCUT2D eigenvalue weighted by atomic mass is 32.2. The van der Waals surface area contributed by atoms with E-state index in [1.807, 2.05) is 71.6 Å². The van der Waals surface area contributed by atoms with Gasteiger partial charge < -0.3 is 4.74 Å². The molecule has 2 heterocycles. The van der Waals surface area contributed by atoms with Gasteiger partial charge in [0.2, 0.25) is 0 Å². The second kappa shape index (κ2) is 13.6. The Morgan fingerprint density at radius 1 is 0.973 bits per heavy atom. The summed E-state index contributed by atoms with van der Waals surface area (Å²) in [4.78, 5) is 15.7. The van der Waals surface area contributed by atoms with Crippen LogP contribution in [0.3, 0.4) is 0 Å². The zero-order valence-electron chi connectivity index (χ0n) is 21.7. The van der Waals surface area contributed by atoms with Crippen LogP contribution in [-0.4, -0.2) is 38.1 Å². The second-order valence-electron chi connectivity index (χ2n) is 9.19. The number of amides is 1. The fraction of sp³-hybridized carbons (Fsp3) is 0.367. The third-order valence-electron chi connectivity index (χ3n) is 6.28. The van der Waals surface area contributed by atoms with Crippen molar-refractivity contribution in [3.63, 3.8) is 0 Å². The van der Waals surface area contributed by atoms with Gasteiger partial charge in [0.25, 0.3) is 5.91 Å². The summed E-state index contributed by atoms with van der Waals surface area (Å²) in [7, 11) is 0. The number of rotatable bonds is 13. The Kier molecular flexibility index (Phi) is 9.97. The smallest absolute Gasteiger partial charge is 0.266 e. The Hall–Kier alpha value is -2.90. The second-order valence-corrected chi connectivity index (χ2v) is 10.9. The van der Waals surface area contributed by atoms with Gasteiger partial charge in [0.15, 0.2) is 0 Å². The van der Waals surface area contributed by atoms with Crippen LogP contribution in [0.1, 0.15) is 64.4 Å². The maximum Gasteiger partial charge on any atom is 0.266 e. The van der Waals surface area contributed by atoms with Crippen molar-refractivity contribution in [2.24, 2.45) is 0 Å². The van der Waals surface area contributed by atoms with Gasteiger partial charge >= 0.3 is 0 Å². The van der Waals surface area contributed by atoms with Crippen LogP contribution >= 0.6 is 24.0 Å². The lowest BCUT2D eigenvalue weighted by Gasteiger charge is -2.13. The average molecular weight is 534 g/mol. The van der Waals surface area contributed by atoms with E-state index in [1.54, 1.807) is 4.90 Å². The third kappa shape index (κ3) is 7.11. The van der Waals surface area contributed by atoms with Gasteiger partial charge in [0, 0.05) is 23.9 Å². The highest BCUT2D eigenvalue weighted by Gasteiger charge is 2.32. The number of thiocarbonyl (C=S) groups is 1. The largest absolute Gasteiger partial charge is 0.494 e. The van der Waals surface area contributed by atoms with E-state index in [0.29, 0.717) is 22.4 Å². The first-order chi connectivity index (χ1) is 18.1. The summed E-state index contributed by atoms with van der Waals surface area (Å²) in [5.41, 5.74) is 3.58. The first kappa shape index (κ1) is 27.1. The fourth-order valence-electron chi connectivity index (χ4n) is 4.21. The number of hydrogen-bond donors (Lipinski definition) is 0. The van der Waals surface area contributed by atoms with Crippen LogP contribution in [0.15, 0.2) is 65.7 Å². The van der Waals surface area contributed by atoms with Gasteiger partial charge in [-0.3, -0.25) is 9.69 Å². The Bertz CT molecular complexity index is 1240. The molecule has 0 saturated carbocycles. The standard InChI is InChI=1S/C30H35N3O2S2/c1-3-5-7-8-12-18-32-29(34)27(37-30(32)36)21-24-22-33(25-15-10-9-11-16-25)31-28(24)23-14-13-17-26(20-23)35-19-6-4-2/h9-11,13-17,20-22H,3-8,12,18-19H2,1-2H3. The van der Waals surface area contributed by atoms with E-state index in [9.17, 15) is 4.79 Å². The number of carbonyl (C=O) groups is 1. The van der Waals surface area contributed by atoms with Crippen LogP contribution in [0.2, 0.25) is 0 Å². The molecule has 37 heavy (non-hydrogen) atoms. The van der Waals surface area contributed by atoms with Gasteiger partial charge in [-0.05, 0) is 43.2 Å². The molecule has 1 aliphatic rings. The molecule has 1 saturated heterocycles. The Labute approximate surface area is 229 Å². The Balaban J connectivity index is 1.62. The molecule has 1 fully saturated rings. The summed E-state index contributed by atoms with van der Waals surface area (Å²) in [6.07, 6.45) is 11.7. The molecule has 0 bridgehead atoms. The number of ether oxygens (including phenoxy) is 1. The quantitative estimate of drug-likeness (QED) is 0.127. The molecule has 0 aliphatic carbocycles. The molecular weight excluding hydrogens is 498 g/mol. The van der Waals surface area contributed by atoms with Crippen LogP contribution in [0, 0.1) is 0 Å². The molecule has 2 aromatic carbocycles. The van der Waals surface area contributed by atoms with Crippen molar-refractivity contribution in [2.75, 3.05) is 13.2 Å². The lowest BCUT2D eigenvalue weighted by molar-refractivity contribution is -0.122. The highest BCUT2D eigenvalue weighted by molar-refractivity contribution is 8.26. The maximum absolute atomic E-state index is 13.3. The number of thioether (sulfide) groups is 1. The Morgan fingerprint density at radius 3 is 2.54 bits per heavy atom. The highest BCUT2D eigenvalue weighted by Crippen LogP contribution is 2.35. The molecule has 194 valence electrons. The van der Waals surface area contributed by atoms with Crippen molar-refractivity contribution in [1.82, 2.24) is 14.7 Å². The lowest BCUT2D eigenvalue weighted by Crippen LogP contribution is -2.29. The van der Waals surface area contributed by atoms with Crippen molar-refractivity contribution in [3.8, 4) is 22.7 Å². The van der Waals surface area contributed by atoms with Gasteiger partial charge in [-0.25, -0.2) is 4.68 Å². The van der Waals surface area contributed by atoms with E-state index in [4.69, 9.17) is 22.1 Å². The van der Waals surface area contributed by atoms with E-state index < -0.39 is 0 Å². The van der Waals surface area contributed by atoms with E-state index in [2.05, 4.69) is 13.8 Å². The minimum absolute atomic E-state index is 0.0134. The molecule has 5 nitrogen and oxygen atoms in total. The van der Waals surface area contributed by atoms with E-state index in [-0.39, 0.29) is 5.91 Å². The lowest BCUT2D eigenvalue weighted by atomic mass is 10.1. The number of para-hydroxylation sites is 1. The number of benzene rings is 2. The number of unbranched alkanes of at least 4 members (excludes halogenated alkanes) is 5. The molecule has 3 aromatic rings. The van der Waals surface area contributed by atoms with Gasteiger partial charge in [0.1, 0.15) is 15.8 Å². The first-order valence-electron chi connectivity index (χ1n) is 13.2. The SMILES string of the molecule is CCCCCCCN1C(=O)C(=Cc2cn(-c3ccccc3)nc2-c2cccc(OCCCC)c2)SC1=S. The molecular formula is C30H35N3O2S2. The Morgan fingerprint density at radius 2 is 1.76 bits per heavy atom. The van der Waals surface area contributed by atoms with Crippen molar-refractivity contribution in [1.29, 1.82) is 0 Å². The van der Waals surface area contributed by atoms with Crippen LogP contribution in [0.25, 0.3) is 23.0 Å². The van der Waals surface area contributed by atoms with Crippen LogP contribution in [0.5, 0.6) is 5.75 Å². The third-order valence-corrected chi connectivity index (χ3v) is 7.66. The first-order valence-corrected chi connectivity index (χ1v) is 14.5. The van der Waals surface area contributed by atoms with Crippen LogP contribution in [-0.2, 0) is 4.79 Å². The van der Waals surface area contributed by atoms with E-state index in [1.165, 1.54) is 31.0 Å². The number of nitrogens with zero attached hydrogens (tertiary/aromatic N) is 3. The molecule has 1 amide bonds. The summed E-state index contributed by atoms with van der Waals surface area (Å²) >= 11 is 6.95. The van der Waals surface area contributed by atoms with E-state index in [0.717, 1.165) is 53.9 Å². The molecule has 0 spiro atoms. The zero-order chi connectivity index (χ0) is 26.0. The summed E-state index contributed by atoms with van der Waals surface area (Å²) in [5, 5.41) is 4.92. The predicted molar refractivity (Wildman–Crippen MR) is 158 cm³/mol. The molecule has 0 unspecified atom stereocenters. The van der Waals surface area contributed by atoms with Gasteiger partial charge in [-0.2, -0.15) is 5.10 Å². The summed E-state index contributed by atoms with van der Waals surface area (Å²) in [5.74, 6) is 0.807. The van der Waals surface area contributed by atoms with Crippen molar-refractivity contribution in [2.45, 2.75) is 58.8 Å². The molecule has 7 heteroatoms. The van der Waals surface area contributed by atoms with Gasteiger partial charge in [0.05, 0.1) is 17.2 Å². The number of carbonyl (C=O) groups excluding carboxylic acids is 1. The van der Waals surface area contributed by atoms with Crippen LogP contribution < -0.4 is 4.74 Å². The fourth-order valence-corrected chi connectivity index (χ4v) is 5.50. The summed E-state index contributed by atoms with van der Waals surface area (Å²) < 4.78 is 8.44. The minimum Gasteiger partial charge on any atom is -0.494 e. The van der Waals surface area contributed by atoms with Crippen LogP contribution in [0.4, 0.5) is 0 Å². The molecule has 1 aromatic heterocycles. The normalized spacial score (nSPS) is 14.6. The molecule has 0 radical (unpaired) electrons. The van der Waals surface area contributed by atoms with Crippen molar-refractivity contribution in [3.05, 3.63) is 71.3 Å². The van der Waals surface area contributed by atoms with Gasteiger partial charge in [-0.1, -0.05) is 100 Å². The van der Waals surface area contributed by atoms with E-state index >= 15 is 0 Å². The topological polar surface area (TPSA) is 47.4 Å². The van der Waals surface area contributed by atoms with Crippen molar-refractivity contribution >= 4 is 40.3 Å². The van der Waals surface area contributed by atoms with Gasteiger partial charge in [-0.15, -0.1) is 0 Å². The minimum atomic E-state index is -0.0134. The average Bonchev–Trinajstić information content (AvgIpc) is 3.45. The number of hydrogen-bond acceptors (Lipinski definition) is 5. The summed E-state index contributed by atoms with van der Waals surface area (Å²) in [6, 6.07) is 18.0. The van der Waals surface area contributed by atoms with Crippen molar-refractivity contribution < 1.29 is 9.53 Å². The monoisotopic (exact) mass is 533 g/mol. The maximum atomic E-state index is 13.3.